The number of benzene rings is 1. The summed E-state index contributed by atoms with van der Waals surface area (Å²) in [7, 11) is 0. The van der Waals surface area contributed by atoms with Gasteiger partial charge in [-0.15, -0.1) is 11.8 Å². The van der Waals surface area contributed by atoms with E-state index in [-0.39, 0.29) is 16.2 Å². The minimum absolute atomic E-state index is 0.0103. The Morgan fingerprint density at radius 3 is 2.59 bits per heavy atom. The second kappa shape index (κ2) is 5.31. The van der Waals surface area contributed by atoms with Crippen molar-refractivity contribution < 1.29 is 9.72 Å². The summed E-state index contributed by atoms with van der Waals surface area (Å²) < 4.78 is 0.0103. The van der Waals surface area contributed by atoms with E-state index in [4.69, 9.17) is 0 Å². The van der Waals surface area contributed by atoms with E-state index < -0.39 is 4.92 Å². The van der Waals surface area contributed by atoms with Crippen LogP contribution in [0.1, 0.15) is 31.1 Å². The van der Waals surface area contributed by atoms with Crippen LogP contribution in [0.25, 0.3) is 0 Å². The van der Waals surface area contributed by atoms with Gasteiger partial charge in [0.15, 0.2) is 5.78 Å². The second-order valence-electron chi connectivity index (χ2n) is 4.63. The predicted molar refractivity (Wildman–Crippen MR) is 69.6 cm³/mol. The van der Waals surface area contributed by atoms with Gasteiger partial charge in [-0.05, 0) is 0 Å². The summed E-state index contributed by atoms with van der Waals surface area (Å²) in [5.41, 5.74) is 0.354. The molecular formula is C12H15NO3S. The molecule has 1 rings (SSSR count). The standard InChI is InChI=1S/C12H15NO3S/c1-12(2,3)17-8-11(14)9-5-4-6-10(7-9)13(15)16/h4-7H,8H2,1-3H3. The lowest BCUT2D eigenvalue weighted by Crippen LogP contribution is -2.13. The SMILES string of the molecule is CC(C)(C)SCC(=O)c1cccc([N+](=O)[O-])c1. The molecule has 1 aromatic carbocycles. The summed E-state index contributed by atoms with van der Waals surface area (Å²) in [5.74, 6) is 0.263. The number of hydrogen-bond acceptors (Lipinski definition) is 4. The number of nitro benzene ring substituents is 1. The highest BCUT2D eigenvalue weighted by Crippen LogP contribution is 2.24. The summed E-state index contributed by atoms with van der Waals surface area (Å²) in [6.07, 6.45) is 0. The predicted octanol–water partition coefficient (Wildman–Crippen LogP) is 3.31. The van der Waals surface area contributed by atoms with Gasteiger partial charge in [-0.1, -0.05) is 32.9 Å². The van der Waals surface area contributed by atoms with E-state index in [1.165, 1.54) is 30.0 Å². The fraction of sp³-hybridized carbons (Fsp3) is 0.417. The zero-order chi connectivity index (χ0) is 13.1. The molecule has 4 nitrogen and oxygen atoms in total. The Balaban J connectivity index is 2.76. The smallest absolute Gasteiger partial charge is 0.270 e. The molecule has 92 valence electrons. The van der Waals surface area contributed by atoms with Crippen molar-refractivity contribution in [1.29, 1.82) is 0 Å². The van der Waals surface area contributed by atoms with Crippen LogP contribution in [-0.4, -0.2) is 21.2 Å². The number of carbonyl (C=O) groups excluding carboxylic acids is 1. The average molecular weight is 253 g/mol. The number of carbonyl (C=O) groups is 1. The molecule has 0 aliphatic carbocycles. The third kappa shape index (κ3) is 4.56. The van der Waals surface area contributed by atoms with Crippen molar-refractivity contribution >= 4 is 23.2 Å². The quantitative estimate of drug-likeness (QED) is 0.469. The molecule has 1 aromatic rings. The van der Waals surface area contributed by atoms with E-state index in [0.29, 0.717) is 11.3 Å². The Hall–Kier alpha value is -1.36. The Morgan fingerprint density at radius 1 is 1.41 bits per heavy atom. The van der Waals surface area contributed by atoms with Crippen molar-refractivity contribution in [3.63, 3.8) is 0 Å². The molecule has 0 unspecified atom stereocenters. The van der Waals surface area contributed by atoms with E-state index in [1.807, 2.05) is 20.8 Å². The van der Waals surface area contributed by atoms with Crippen molar-refractivity contribution in [1.82, 2.24) is 0 Å². The zero-order valence-corrected chi connectivity index (χ0v) is 10.9. The van der Waals surface area contributed by atoms with Gasteiger partial charge in [-0.2, -0.15) is 0 Å². The highest BCUT2D eigenvalue weighted by Gasteiger charge is 2.16. The molecule has 0 saturated heterocycles. The molecule has 0 radical (unpaired) electrons. The van der Waals surface area contributed by atoms with Gasteiger partial charge in [0.2, 0.25) is 0 Å². The third-order valence-corrected chi connectivity index (χ3v) is 3.29. The number of hydrogen-bond donors (Lipinski definition) is 0. The van der Waals surface area contributed by atoms with E-state index in [9.17, 15) is 14.9 Å². The number of nitro groups is 1. The van der Waals surface area contributed by atoms with Crippen LogP contribution >= 0.6 is 11.8 Å². The maximum atomic E-state index is 11.8. The minimum atomic E-state index is -0.492. The lowest BCUT2D eigenvalue weighted by Gasteiger charge is -2.16. The summed E-state index contributed by atoms with van der Waals surface area (Å²) in [4.78, 5) is 21.9. The zero-order valence-electron chi connectivity index (χ0n) is 10.1. The fourth-order valence-electron chi connectivity index (χ4n) is 1.16. The third-order valence-electron chi connectivity index (χ3n) is 2.02. The van der Waals surface area contributed by atoms with E-state index >= 15 is 0 Å². The van der Waals surface area contributed by atoms with E-state index in [1.54, 1.807) is 6.07 Å². The summed E-state index contributed by atoms with van der Waals surface area (Å²) in [6, 6.07) is 5.85. The molecule has 0 heterocycles. The monoisotopic (exact) mass is 253 g/mol. The van der Waals surface area contributed by atoms with Crippen molar-refractivity contribution in [2.45, 2.75) is 25.5 Å². The fourth-order valence-corrected chi connectivity index (χ4v) is 1.89. The largest absolute Gasteiger partial charge is 0.293 e. The van der Waals surface area contributed by atoms with Crippen molar-refractivity contribution in [3.8, 4) is 0 Å². The molecule has 0 amide bonds. The molecule has 0 spiro atoms. The Labute approximate surface area is 105 Å². The van der Waals surface area contributed by atoms with Gasteiger partial charge in [0.05, 0.1) is 10.7 Å². The van der Waals surface area contributed by atoms with Gasteiger partial charge in [0.1, 0.15) is 0 Å². The molecule has 0 aromatic heterocycles. The Kier molecular flexibility index (Phi) is 4.28. The molecular weight excluding hydrogens is 238 g/mol. The maximum Gasteiger partial charge on any atom is 0.270 e. The molecule has 5 heteroatoms. The van der Waals surface area contributed by atoms with Crippen LogP contribution < -0.4 is 0 Å². The van der Waals surface area contributed by atoms with Crippen LogP contribution in [0.15, 0.2) is 24.3 Å². The lowest BCUT2D eigenvalue weighted by atomic mass is 10.1. The van der Waals surface area contributed by atoms with Crippen LogP contribution in [0, 0.1) is 10.1 Å². The van der Waals surface area contributed by atoms with E-state index in [2.05, 4.69) is 0 Å². The summed E-state index contributed by atoms with van der Waals surface area (Å²) in [6.45, 7) is 6.08. The molecule has 17 heavy (non-hydrogen) atoms. The van der Waals surface area contributed by atoms with Crippen molar-refractivity contribution in [2.75, 3.05) is 5.75 Å². The Morgan fingerprint density at radius 2 is 2.06 bits per heavy atom. The number of nitrogens with zero attached hydrogens (tertiary/aromatic N) is 1. The van der Waals surface area contributed by atoms with Gasteiger partial charge >= 0.3 is 0 Å². The molecule has 0 atom stereocenters. The molecule has 0 fully saturated rings. The van der Waals surface area contributed by atoms with Gasteiger partial charge in [-0.3, -0.25) is 14.9 Å². The average Bonchev–Trinajstić information content (AvgIpc) is 2.25. The van der Waals surface area contributed by atoms with Crippen LogP contribution in [0.4, 0.5) is 5.69 Å². The molecule has 0 aliphatic rings. The molecule has 0 N–H and O–H groups in total. The van der Waals surface area contributed by atoms with Crippen molar-refractivity contribution in [2.24, 2.45) is 0 Å². The topological polar surface area (TPSA) is 60.2 Å². The first kappa shape index (κ1) is 13.7. The van der Waals surface area contributed by atoms with Crippen LogP contribution in [0.5, 0.6) is 0 Å². The highest BCUT2D eigenvalue weighted by atomic mass is 32.2. The molecule has 0 bridgehead atoms. The first-order valence-corrected chi connectivity index (χ1v) is 6.20. The summed E-state index contributed by atoms with van der Waals surface area (Å²) >= 11 is 1.53. The van der Waals surface area contributed by atoms with Crippen LogP contribution in [-0.2, 0) is 0 Å². The molecule has 0 saturated carbocycles. The number of Topliss-reactive ketones (excluding diaryl/α,β-unsaturated/α-hetero) is 1. The maximum absolute atomic E-state index is 11.8. The van der Waals surface area contributed by atoms with Crippen LogP contribution in [0.3, 0.4) is 0 Å². The first-order valence-electron chi connectivity index (χ1n) is 5.21. The number of ketones is 1. The number of non-ortho nitro benzene ring substituents is 1. The number of thioether (sulfide) groups is 1. The van der Waals surface area contributed by atoms with Gasteiger partial charge < -0.3 is 0 Å². The van der Waals surface area contributed by atoms with E-state index in [0.717, 1.165) is 0 Å². The summed E-state index contributed by atoms with van der Waals surface area (Å²) in [5, 5.41) is 10.6. The normalized spacial score (nSPS) is 11.2. The van der Waals surface area contributed by atoms with Gasteiger partial charge in [0, 0.05) is 22.4 Å². The van der Waals surface area contributed by atoms with Crippen LogP contribution in [0.2, 0.25) is 0 Å². The highest BCUT2D eigenvalue weighted by molar-refractivity contribution is 8.01. The lowest BCUT2D eigenvalue weighted by molar-refractivity contribution is -0.384. The van der Waals surface area contributed by atoms with Gasteiger partial charge in [0.25, 0.3) is 5.69 Å². The first-order chi connectivity index (χ1) is 7.79. The number of rotatable bonds is 4. The second-order valence-corrected chi connectivity index (χ2v) is 6.43. The Bertz CT molecular complexity index is 438. The van der Waals surface area contributed by atoms with Crippen molar-refractivity contribution in [3.05, 3.63) is 39.9 Å². The van der Waals surface area contributed by atoms with Gasteiger partial charge in [-0.25, -0.2) is 0 Å². The molecule has 0 aliphatic heterocycles. The minimum Gasteiger partial charge on any atom is -0.293 e.